The molecule has 0 spiro atoms. The fourth-order valence-corrected chi connectivity index (χ4v) is 3.88. The zero-order valence-electron chi connectivity index (χ0n) is 11.3. The van der Waals surface area contributed by atoms with Gasteiger partial charge in [-0.2, -0.15) is 11.8 Å². The predicted molar refractivity (Wildman–Crippen MR) is 80.2 cm³/mol. The van der Waals surface area contributed by atoms with Gasteiger partial charge in [-0.15, -0.1) is 0 Å². The molecule has 19 heavy (non-hydrogen) atoms. The Morgan fingerprint density at radius 2 is 1.95 bits per heavy atom. The number of amides is 1. The van der Waals surface area contributed by atoms with Gasteiger partial charge in [-0.1, -0.05) is 30.3 Å². The zero-order valence-corrected chi connectivity index (χ0v) is 12.1. The lowest BCUT2D eigenvalue weighted by Crippen LogP contribution is -2.33. The fraction of sp³-hybridized carbons (Fsp3) is 0.562. The van der Waals surface area contributed by atoms with E-state index in [1.165, 1.54) is 18.4 Å². The molecule has 102 valence electrons. The molecular formula is C16H21NOS. The number of thioether (sulfide) groups is 1. The molecule has 3 heteroatoms. The maximum Gasteiger partial charge on any atom is 0.222 e. The topological polar surface area (TPSA) is 20.3 Å². The van der Waals surface area contributed by atoms with Crippen molar-refractivity contribution in [1.29, 1.82) is 0 Å². The lowest BCUT2D eigenvalue weighted by Gasteiger charge is -2.20. The maximum absolute atomic E-state index is 12.2. The Balaban J connectivity index is 1.57. The Kier molecular flexibility index (Phi) is 4.12. The van der Waals surface area contributed by atoms with Crippen LogP contribution in [0.15, 0.2) is 30.3 Å². The van der Waals surface area contributed by atoms with Crippen molar-refractivity contribution >= 4 is 17.7 Å². The molecule has 0 aromatic heterocycles. The highest BCUT2D eigenvalue weighted by Crippen LogP contribution is 2.36. The zero-order chi connectivity index (χ0) is 13.1. The molecule has 1 heterocycles. The predicted octanol–water partition coefficient (Wildman–Crippen LogP) is 3.49. The molecular weight excluding hydrogens is 254 g/mol. The first-order valence-corrected chi connectivity index (χ1v) is 8.32. The summed E-state index contributed by atoms with van der Waals surface area (Å²) in [6.07, 6.45) is 4.41. The van der Waals surface area contributed by atoms with Crippen LogP contribution in [0.5, 0.6) is 0 Å². The van der Waals surface area contributed by atoms with E-state index in [1.807, 2.05) is 11.8 Å². The van der Waals surface area contributed by atoms with E-state index in [2.05, 4.69) is 35.2 Å². The minimum absolute atomic E-state index is 0.386. The van der Waals surface area contributed by atoms with Crippen molar-refractivity contribution < 1.29 is 4.79 Å². The minimum atomic E-state index is 0.386. The molecule has 0 bridgehead atoms. The Morgan fingerprint density at radius 3 is 2.68 bits per heavy atom. The number of carbonyl (C=O) groups excluding carboxylic acids is 1. The van der Waals surface area contributed by atoms with Crippen LogP contribution in [0.1, 0.15) is 36.5 Å². The molecule has 0 N–H and O–H groups in total. The molecule has 2 nitrogen and oxygen atoms in total. The normalized spacial score (nSPS) is 24.0. The molecule has 1 atom stereocenters. The number of hydrogen-bond acceptors (Lipinski definition) is 2. The molecule has 1 aromatic carbocycles. The SMILES string of the molecule is O=C(CC1CC1)N1CCSC(c2ccccc2)CC1. The molecule has 1 unspecified atom stereocenters. The number of hydrogen-bond donors (Lipinski definition) is 0. The van der Waals surface area contributed by atoms with Crippen LogP contribution >= 0.6 is 11.8 Å². The highest BCUT2D eigenvalue weighted by molar-refractivity contribution is 7.99. The standard InChI is InChI=1S/C16H21NOS/c18-16(12-13-6-7-13)17-9-8-15(19-11-10-17)14-4-2-1-3-5-14/h1-5,13,15H,6-12H2. The second kappa shape index (κ2) is 6.00. The van der Waals surface area contributed by atoms with Crippen molar-refractivity contribution in [3.63, 3.8) is 0 Å². The summed E-state index contributed by atoms with van der Waals surface area (Å²) in [5, 5.41) is 0.555. The van der Waals surface area contributed by atoms with Gasteiger partial charge in [0.05, 0.1) is 0 Å². The molecule has 1 aliphatic carbocycles. The average Bonchev–Trinajstić information content (AvgIpc) is 3.25. The Labute approximate surface area is 119 Å². The second-order valence-corrected chi connectivity index (χ2v) is 6.90. The largest absolute Gasteiger partial charge is 0.342 e. The highest BCUT2D eigenvalue weighted by atomic mass is 32.2. The number of rotatable bonds is 3. The van der Waals surface area contributed by atoms with Crippen LogP contribution in [0.25, 0.3) is 0 Å². The van der Waals surface area contributed by atoms with Crippen LogP contribution in [0.3, 0.4) is 0 Å². The summed E-state index contributed by atoms with van der Waals surface area (Å²) >= 11 is 2.00. The van der Waals surface area contributed by atoms with Crippen molar-refractivity contribution in [2.24, 2.45) is 5.92 Å². The third kappa shape index (κ3) is 3.53. The first-order chi connectivity index (χ1) is 9.33. The van der Waals surface area contributed by atoms with Gasteiger partial charge in [-0.05, 0) is 30.7 Å². The Bertz CT molecular complexity index is 430. The van der Waals surface area contributed by atoms with Gasteiger partial charge in [0.15, 0.2) is 0 Å². The van der Waals surface area contributed by atoms with Gasteiger partial charge in [0, 0.05) is 30.5 Å². The summed E-state index contributed by atoms with van der Waals surface area (Å²) in [6, 6.07) is 10.7. The van der Waals surface area contributed by atoms with Gasteiger partial charge in [-0.3, -0.25) is 4.79 Å². The van der Waals surface area contributed by atoms with Crippen LogP contribution in [0, 0.1) is 5.92 Å². The van der Waals surface area contributed by atoms with Crippen molar-refractivity contribution in [2.75, 3.05) is 18.8 Å². The van der Waals surface area contributed by atoms with Gasteiger partial charge >= 0.3 is 0 Å². The summed E-state index contributed by atoms with van der Waals surface area (Å²) in [5.74, 6) is 2.15. The van der Waals surface area contributed by atoms with Crippen molar-refractivity contribution in [3.8, 4) is 0 Å². The number of carbonyl (C=O) groups is 1. The van der Waals surface area contributed by atoms with E-state index in [1.54, 1.807) is 0 Å². The highest BCUT2D eigenvalue weighted by Gasteiger charge is 2.28. The molecule has 0 radical (unpaired) electrons. The van der Waals surface area contributed by atoms with Crippen LogP contribution in [0.2, 0.25) is 0 Å². The summed E-state index contributed by atoms with van der Waals surface area (Å²) < 4.78 is 0. The molecule has 2 fully saturated rings. The van der Waals surface area contributed by atoms with Gasteiger partial charge in [0.1, 0.15) is 0 Å². The summed E-state index contributed by atoms with van der Waals surface area (Å²) in [7, 11) is 0. The summed E-state index contributed by atoms with van der Waals surface area (Å²) in [5.41, 5.74) is 1.41. The third-order valence-electron chi connectivity index (χ3n) is 4.03. The van der Waals surface area contributed by atoms with Crippen LogP contribution in [-0.4, -0.2) is 29.6 Å². The molecule has 3 rings (SSSR count). The van der Waals surface area contributed by atoms with E-state index in [0.29, 0.717) is 17.1 Å². The minimum Gasteiger partial charge on any atom is -0.342 e. The van der Waals surface area contributed by atoms with Crippen molar-refractivity contribution in [3.05, 3.63) is 35.9 Å². The lowest BCUT2D eigenvalue weighted by atomic mass is 10.1. The average molecular weight is 275 g/mol. The first-order valence-electron chi connectivity index (χ1n) is 7.27. The van der Waals surface area contributed by atoms with Gasteiger partial charge in [0.25, 0.3) is 0 Å². The number of benzene rings is 1. The number of nitrogens with zero attached hydrogens (tertiary/aromatic N) is 1. The monoisotopic (exact) mass is 275 g/mol. The van der Waals surface area contributed by atoms with Gasteiger partial charge < -0.3 is 4.90 Å². The van der Waals surface area contributed by atoms with Crippen molar-refractivity contribution in [2.45, 2.75) is 30.9 Å². The first kappa shape index (κ1) is 13.0. The maximum atomic E-state index is 12.2. The summed E-state index contributed by atoms with van der Waals surface area (Å²) in [6.45, 7) is 1.86. The van der Waals surface area contributed by atoms with E-state index in [0.717, 1.165) is 31.7 Å². The van der Waals surface area contributed by atoms with Gasteiger partial charge in [0.2, 0.25) is 5.91 Å². The lowest BCUT2D eigenvalue weighted by molar-refractivity contribution is -0.131. The molecule has 1 aliphatic heterocycles. The quantitative estimate of drug-likeness (QED) is 0.841. The van der Waals surface area contributed by atoms with Gasteiger partial charge in [-0.25, -0.2) is 0 Å². The van der Waals surface area contributed by atoms with E-state index in [9.17, 15) is 4.79 Å². The molecule has 1 aromatic rings. The molecule has 1 saturated heterocycles. The second-order valence-electron chi connectivity index (χ2n) is 5.59. The smallest absolute Gasteiger partial charge is 0.222 e. The van der Waals surface area contributed by atoms with Crippen LogP contribution < -0.4 is 0 Å². The van der Waals surface area contributed by atoms with Crippen LogP contribution in [-0.2, 0) is 4.79 Å². The molecule has 1 amide bonds. The van der Waals surface area contributed by atoms with Crippen LogP contribution in [0.4, 0.5) is 0 Å². The fourth-order valence-electron chi connectivity index (χ4n) is 2.65. The Hall–Kier alpha value is -0.960. The Morgan fingerprint density at radius 1 is 1.16 bits per heavy atom. The van der Waals surface area contributed by atoms with E-state index in [-0.39, 0.29) is 0 Å². The van der Waals surface area contributed by atoms with E-state index < -0.39 is 0 Å². The molecule has 1 saturated carbocycles. The van der Waals surface area contributed by atoms with E-state index in [4.69, 9.17) is 0 Å². The summed E-state index contributed by atoms with van der Waals surface area (Å²) in [4.78, 5) is 14.3. The van der Waals surface area contributed by atoms with E-state index >= 15 is 0 Å². The molecule has 2 aliphatic rings. The third-order valence-corrected chi connectivity index (χ3v) is 5.35. The van der Waals surface area contributed by atoms with Crippen molar-refractivity contribution in [1.82, 2.24) is 4.90 Å².